The molecule has 5 heteroatoms. The average Bonchev–Trinajstić information content (AvgIpc) is 2.69. The molecule has 1 N–H and O–H groups in total. The minimum Gasteiger partial charge on any atom is -0.497 e. The molecule has 0 saturated carbocycles. The molecule has 5 nitrogen and oxygen atoms in total. The highest BCUT2D eigenvalue weighted by molar-refractivity contribution is 5.87. The predicted molar refractivity (Wildman–Crippen MR) is 116 cm³/mol. The lowest BCUT2D eigenvalue weighted by Gasteiger charge is -2.31. The molecule has 0 radical (unpaired) electrons. The van der Waals surface area contributed by atoms with Gasteiger partial charge in [0.05, 0.1) is 7.11 Å². The molecule has 2 amide bonds. The SMILES string of the molecule is COc1cccc(CN(C(=O)CCc2ccccc2)[C@H](C)C(=O)NC(C)(C)C)c1. The van der Waals surface area contributed by atoms with Crippen LogP contribution in [0.5, 0.6) is 5.75 Å². The van der Waals surface area contributed by atoms with Crippen LogP contribution in [0.25, 0.3) is 0 Å². The van der Waals surface area contributed by atoms with Crippen LogP contribution in [0.3, 0.4) is 0 Å². The van der Waals surface area contributed by atoms with E-state index in [0.717, 1.165) is 16.9 Å². The summed E-state index contributed by atoms with van der Waals surface area (Å²) in [7, 11) is 1.61. The van der Waals surface area contributed by atoms with Gasteiger partial charge in [-0.15, -0.1) is 0 Å². The molecule has 0 bridgehead atoms. The first-order valence-corrected chi connectivity index (χ1v) is 9.98. The minimum absolute atomic E-state index is 0.0479. The largest absolute Gasteiger partial charge is 0.497 e. The second kappa shape index (κ2) is 10.1. The maximum absolute atomic E-state index is 13.1. The van der Waals surface area contributed by atoms with Crippen LogP contribution in [-0.4, -0.2) is 35.4 Å². The fourth-order valence-corrected chi connectivity index (χ4v) is 3.06. The van der Waals surface area contributed by atoms with Crippen molar-refractivity contribution in [2.75, 3.05) is 7.11 Å². The number of amides is 2. The summed E-state index contributed by atoms with van der Waals surface area (Å²) in [4.78, 5) is 27.5. The molecule has 0 aliphatic carbocycles. The molecule has 2 aromatic carbocycles. The van der Waals surface area contributed by atoms with Crippen molar-refractivity contribution in [3.63, 3.8) is 0 Å². The Morgan fingerprint density at radius 3 is 2.31 bits per heavy atom. The minimum atomic E-state index is -0.580. The number of methoxy groups -OCH3 is 1. The predicted octanol–water partition coefficient (Wildman–Crippen LogP) is 3.96. The monoisotopic (exact) mass is 396 g/mol. The van der Waals surface area contributed by atoms with E-state index in [0.29, 0.717) is 19.4 Å². The summed E-state index contributed by atoms with van der Waals surface area (Å²) in [6.07, 6.45) is 0.989. The van der Waals surface area contributed by atoms with Gasteiger partial charge in [-0.05, 0) is 57.4 Å². The van der Waals surface area contributed by atoms with Gasteiger partial charge in [0.15, 0.2) is 0 Å². The fraction of sp³-hybridized carbons (Fsp3) is 0.417. The highest BCUT2D eigenvalue weighted by Crippen LogP contribution is 2.18. The van der Waals surface area contributed by atoms with Gasteiger partial charge in [0.25, 0.3) is 0 Å². The zero-order valence-corrected chi connectivity index (χ0v) is 18.1. The van der Waals surface area contributed by atoms with Crippen LogP contribution >= 0.6 is 0 Å². The molecule has 0 unspecified atom stereocenters. The molecule has 2 aromatic rings. The fourth-order valence-electron chi connectivity index (χ4n) is 3.06. The second-order valence-corrected chi connectivity index (χ2v) is 8.27. The Hall–Kier alpha value is -2.82. The van der Waals surface area contributed by atoms with Gasteiger partial charge in [-0.2, -0.15) is 0 Å². The van der Waals surface area contributed by atoms with Crippen LogP contribution in [0, 0.1) is 0 Å². The van der Waals surface area contributed by atoms with Gasteiger partial charge in [-0.1, -0.05) is 42.5 Å². The van der Waals surface area contributed by atoms with Crippen LogP contribution in [0.15, 0.2) is 54.6 Å². The van der Waals surface area contributed by atoms with Crippen LogP contribution in [0.2, 0.25) is 0 Å². The lowest BCUT2D eigenvalue weighted by atomic mass is 10.1. The smallest absolute Gasteiger partial charge is 0.242 e. The first kappa shape index (κ1) is 22.5. The maximum atomic E-state index is 13.1. The second-order valence-electron chi connectivity index (χ2n) is 8.27. The molecule has 0 saturated heterocycles. The normalized spacial score (nSPS) is 12.2. The lowest BCUT2D eigenvalue weighted by molar-refractivity contribution is -0.141. The summed E-state index contributed by atoms with van der Waals surface area (Å²) in [5.74, 6) is 0.521. The molecule has 0 aliphatic heterocycles. The maximum Gasteiger partial charge on any atom is 0.242 e. The Bertz CT molecular complexity index is 812. The molecule has 0 aromatic heterocycles. The third-order valence-electron chi connectivity index (χ3n) is 4.62. The van der Waals surface area contributed by atoms with Crippen molar-refractivity contribution in [2.45, 2.75) is 58.7 Å². The average molecular weight is 397 g/mol. The molecule has 0 fully saturated rings. The Kier molecular flexibility index (Phi) is 7.82. The molecule has 0 spiro atoms. The molecule has 1 atom stereocenters. The van der Waals surface area contributed by atoms with E-state index in [1.54, 1.807) is 18.9 Å². The first-order valence-electron chi connectivity index (χ1n) is 9.98. The standard InChI is InChI=1S/C24H32N2O3/c1-18(23(28)25-24(2,3)4)26(17-20-12-9-13-21(16-20)29-5)22(27)15-14-19-10-7-6-8-11-19/h6-13,16,18H,14-15,17H2,1-5H3,(H,25,28)/t18-/m1/s1. The van der Waals surface area contributed by atoms with Crippen molar-refractivity contribution in [1.29, 1.82) is 0 Å². The van der Waals surface area contributed by atoms with Gasteiger partial charge in [-0.25, -0.2) is 0 Å². The highest BCUT2D eigenvalue weighted by Gasteiger charge is 2.28. The number of carbonyl (C=O) groups excluding carboxylic acids is 2. The van der Waals surface area contributed by atoms with Gasteiger partial charge in [0, 0.05) is 18.5 Å². The van der Waals surface area contributed by atoms with Crippen molar-refractivity contribution in [2.24, 2.45) is 0 Å². The number of carbonyl (C=O) groups is 2. The quantitative estimate of drug-likeness (QED) is 0.735. The number of hydrogen-bond acceptors (Lipinski definition) is 3. The Morgan fingerprint density at radius 2 is 1.69 bits per heavy atom. The molecular formula is C24H32N2O3. The third kappa shape index (κ3) is 7.26. The lowest BCUT2D eigenvalue weighted by Crippen LogP contribution is -2.52. The zero-order valence-electron chi connectivity index (χ0n) is 18.1. The number of rotatable bonds is 8. The van der Waals surface area contributed by atoms with Crippen molar-refractivity contribution in [3.8, 4) is 5.75 Å². The molecule has 29 heavy (non-hydrogen) atoms. The van der Waals surface area contributed by atoms with E-state index >= 15 is 0 Å². The van der Waals surface area contributed by atoms with Crippen molar-refractivity contribution >= 4 is 11.8 Å². The zero-order chi connectivity index (χ0) is 21.4. The summed E-state index contributed by atoms with van der Waals surface area (Å²) in [5, 5.41) is 2.98. The summed E-state index contributed by atoms with van der Waals surface area (Å²) in [5.41, 5.74) is 1.67. The molecule has 156 valence electrons. The van der Waals surface area contributed by atoms with E-state index < -0.39 is 6.04 Å². The van der Waals surface area contributed by atoms with Crippen LogP contribution in [-0.2, 0) is 22.6 Å². The summed E-state index contributed by atoms with van der Waals surface area (Å²) >= 11 is 0. The van der Waals surface area contributed by atoms with E-state index in [1.165, 1.54) is 0 Å². The van der Waals surface area contributed by atoms with E-state index in [2.05, 4.69) is 5.32 Å². The van der Waals surface area contributed by atoms with Gasteiger partial charge >= 0.3 is 0 Å². The van der Waals surface area contributed by atoms with Crippen molar-refractivity contribution < 1.29 is 14.3 Å². The van der Waals surface area contributed by atoms with Gasteiger partial charge in [0.1, 0.15) is 11.8 Å². The summed E-state index contributed by atoms with van der Waals surface area (Å²) < 4.78 is 5.29. The van der Waals surface area contributed by atoms with Crippen molar-refractivity contribution in [1.82, 2.24) is 10.2 Å². The number of benzene rings is 2. The van der Waals surface area contributed by atoms with Gasteiger partial charge in [-0.3, -0.25) is 9.59 Å². The number of nitrogens with zero attached hydrogens (tertiary/aromatic N) is 1. The Labute approximate surface area is 174 Å². The number of hydrogen-bond donors (Lipinski definition) is 1. The summed E-state index contributed by atoms with van der Waals surface area (Å²) in [6.45, 7) is 7.93. The number of ether oxygens (including phenoxy) is 1. The van der Waals surface area contributed by atoms with Gasteiger partial charge in [0.2, 0.25) is 11.8 Å². The molecule has 0 heterocycles. The number of aryl methyl sites for hydroxylation is 1. The van der Waals surface area contributed by atoms with Crippen LogP contribution in [0.4, 0.5) is 0 Å². The van der Waals surface area contributed by atoms with E-state index in [1.807, 2.05) is 75.4 Å². The first-order chi connectivity index (χ1) is 13.7. The topological polar surface area (TPSA) is 58.6 Å². The highest BCUT2D eigenvalue weighted by atomic mass is 16.5. The van der Waals surface area contributed by atoms with Gasteiger partial charge < -0.3 is 15.0 Å². The van der Waals surface area contributed by atoms with E-state index in [4.69, 9.17) is 4.74 Å². The number of nitrogens with one attached hydrogen (secondary N) is 1. The van der Waals surface area contributed by atoms with Crippen LogP contribution in [0.1, 0.15) is 45.2 Å². The van der Waals surface area contributed by atoms with E-state index in [-0.39, 0.29) is 17.4 Å². The van der Waals surface area contributed by atoms with E-state index in [9.17, 15) is 9.59 Å². The Morgan fingerprint density at radius 1 is 1.03 bits per heavy atom. The van der Waals surface area contributed by atoms with Crippen molar-refractivity contribution in [3.05, 3.63) is 65.7 Å². The third-order valence-corrected chi connectivity index (χ3v) is 4.62. The summed E-state index contributed by atoms with van der Waals surface area (Å²) in [6, 6.07) is 16.9. The Balaban J connectivity index is 2.18. The molecule has 0 aliphatic rings. The molecular weight excluding hydrogens is 364 g/mol. The molecule has 2 rings (SSSR count). The van der Waals surface area contributed by atoms with Crippen LogP contribution < -0.4 is 10.1 Å².